The Kier molecular flexibility index (Phi) is 4.29. The van der Waals surface area contributed by atoms with Crippen molar-refractivity contribution >= 4 is 17.4 Å². The standard InChI is InChI=1S/C16H18N2O3S/c1-21-13-4-2-3-12(9-13)14-10-22-15(17-14)11-5-7-18(8-6-11)16(19)20/h2-4,9-11H,5-8H2,1H3,(H,19,20). The minimum atomic E-state index is -0.824. The monoisotopic (exact) mass is 318 g/mol. The highest BCUT2D eigenvalue weighted by atomic mass is 32.1. The van der Waals surface area contributed by atoms with Gasteiger partial charge in [-0.2, -0.15) is 0 Å². The van der Waals surface area contributed by atoms with Crippen molar-refractivity contribution in [2.24, 2.45) is 0 Å². The van der Waals surface area contributed by atoms with Crippen LogP contribution in [0.3, 0.4) is 0 Å². The van der Waals surface area contributed by atoms with Gasteiger partial charge in [0.1, 0.15) is 5.75 Å². The van der Waals surface area contributed by atoms with Gasteiger partial charge in [0.15, 0.2) is 0 Å². The lowest BCUT2D eigenvalue weighted by molar-refractivity contribution is 0.132. The SMILES string of the molecule is COc1cccc(-c2csc(C3CCN(C(=O)O)CC3)n2)c1. The molecule has 116 valence electrons. The predicted molar refractivity (Wildman–Crippen MR) is 85.7 cm³/mol. The summed E-state index contributed by atoms with van der Waals surface area (Å²) in [6.07, 6.45) is 0.865. The lowest BCUT2D eigenvalue weighted by atomic mass is 9.98. The number of aromatic nitrogens is 1. The Hall–Kier alpha value is -2.08. The van der Waals surface area contributed by atoms with Crippen molar-refractivity contribution in [1.82, 2.24) is 9.88 Å². The van der Waals surface area contributed by atoms with E-state index in [2.05, 4.69) is 5.38 Å². The number of ether oxygens (including phenoxy) is 1. The highest BCUT2D eigenvalue weighted by Crippen LogP contribution is 2.33. The molecule has 0 bridgehead atoms. The largest absolute Gasteiger partial charge is 0.497 e. The molecule has 0 atom stereocenters. The molecule has 2 heterocycles. The minimum absolute atomic E-state index is 0.361. The molecule has 0 spiro atoms. The van der Waals surface area contributed by atoms with Gasteiger partial charge in [0.05, 0.1) is 17.8 Å². The Morgan fingerprint density at radius 1 is 1.41 bits per heavy atom. The van der Waals surface area contributed by atoms with Crippen LogP contribution in [0.1, 0.15) is 23.8 Å². The summed E-state index contributed by atoms with van der Waals surface area (Å²) >= 11 is 1.66. The van der Waals surface area contributed by atoms with Crippen LogP contribution in [0.4, 0.5) is 4.79 Å². The predicted octanol–water partition coefficient (Wildman–Crippen LogP) is 3.68. The number of carboxylic acid groups (broad SMARTS) is 1. The fourth-order valence-corrected chi connectivity index (χ4v) is 3.71. The second kappa shape index (κ2) is 6.36. The number of amides is 1. The molecule has 6 heteroatoms. The van der Waals surface area contributed by atoms with E-state index < -0.39 is 6.09 Å². The number of benzene rings is 1. The molecular weight excluding hydrogens is 300 g/mol. The molecule has 0 aliphatic carbocycles. The van der Waals surface area contributed by atoms with Gasteiger partial charge < -0.3 is 14.7 Å². The van der Waals surface area contributed by atoms with Gasteiger partial charge in [-0.15, -0.1) is 11.3 Å². The molecular formula is C16H18N2O3S. The summed E-state index contributed by atoms with van der Waals surface area (Å²) in [5, 5.41) is 12.2. The van der Waals surface area contributed by atoms with Gasteiger partial charge in [0.2, 0.25) is 0 Å². The topological polar surface area (TPSA) is 62.7 Å². The molecule has 1 aromatic heterocycles. The van der Waals surface area contributed by atoms with Crippen molar-refractivity contribution < 1.29 is 14.6 Å². The van der Waals surface area contributed by atoms with E-state index in [1.54, 1.807) is 18.4 Å². The number of likely N-dealkylation sites (tertiary alicyclic amines) is 1. The Morgan fingerprint density at radius 2 is 2.18 bits per heavy atom. The highest BCUT2D eigenvalue weighted by molar-refractivity contribution is 7.10. The number of carbonyl (C=O) groups is 1. The van der Waals surface area contributed by atoms with E-state index >= 15 is 0 Å². The van der Waals surface area contributed by atoms with Crippen molar-refractivity contribution in [3.05, 3.63) is 34.7 Å². The third kappa shape index (κ3) is 3.06. The summed E-state index contributed by atoms with van der Waals surface area (Å²) < 4.78 is 5.25. The highest BCUT2D eigenvalue weighted by Gasteiger charge is 2.25. The third-order valence-electron chi connectivity index (χ3n) is 4.00. The number of hydrogen-bond donors (Lipinski definition) is 1. The molecule has 1 aliphatic heterocycles. The second-order valence-electron chi connectivity index (χ2n) is 5.35. The van der Waals surface area contributed by atoms with Crippen LogP contribution in [0.2, 0.25) is 0 Å². The maximum absolute atomic E-state index is 10.9. The summed E-state index contributed by atoms with van der Waals surface area (Å²) in [5.74, 6) is 1.18. The van der Waals surface area contributed by atoms with Crippen LogP contribution >= 0.6 is 11.3 Å². The summed E-state index contributed by atoms with van der Waals surface area (Å²) in [7, 11) is 1.65. The second-order valence-corrected chi connectivity index (χ2v) is 6.24. The normalized spacial score (nSPS) is 15.8. The van der Waals surface area contributed by atoms with E-state index in [1.165, 1.54) is 4.90 Å². The van der Waals surface area contributed by atoms with E-state index in [1.807, 2.05) is 24.3 Å². The van der Waals surface area contributed by atoms with Gasteiger partial charge >= 0.3 is 6.09 Å². The molecule has 5 nitrogen and oxygen atoms in total. The number of methoxy groups -OCH3 is 1. The molecule has 1 saturated heterocycles. The molecule has 0 saturated carbocycles. The van der Waals surface area contributed by atoms with Gasteiger partial charge in [0, 0.05) is 30.0 Å². The first-order chi connectivity index (χ1) is 10.7. The summed E-state index contributed by atoms with van der Waals surface area (Å²) in [6.45, 7) is 1.18. The number of nitrogens with zero attached hydrogens (tertiary/aromatic N) is 2. The zero-order chi connectivity index (χ0) is 15.5. The number of rotatable bonds is 3. The van der Waals surface area contributed by atoms with E-state index in [-0.39, 0.29) is 0 Å². The summed E-state index contributed by atoms with van der Waals surface area (Å²) in [6, 6.07) is 7.87. The number of hydrogen-bond acceptors (Lipinski definition) is 4. The van der Waals surface area contributed by atoms with Gasteiger partial charge in [0.25, 0.3) is 0 Å². The molecule has 2 aromatic rings. The molecule has 0 unspecified atom stereocenters. The Morgan fingerprint density at radius 3 is 2.86 bits per heavy atom. The first-order valence-electron chi connectivity index (χ1n) is 7.25. The lowest BCUT2D eigenvalue weighted by Crippen LogP contribution is -2.36. The zero-order valence-corrected chi connectivity index (χ0v) is 13.2. The fourth-order valence-electron chi connectivity index (χ4n) is 2.71. The van der Waals surface area contributed by atoms with Crippen LogP contribution in [0, 0.1) is 0 Å². The van der Waals surface area contributed by atoms with Gasteiger partial charge in [-0.3, -0.25) is 0 Å². The molecule has 0 radical (unpaired) electrons. The minimum Gasteiger partial charge on any atom is -0.497 e. The molecule has 1 amide bonds. The molecule has 1 fully saturated rings. The molecule has 1 aromatic carbocycles. The smallest absolute Gasteiger partial charge is 0.407 e. The van der Waals surface area contributed by atoms with E-state index in [9.17, 15) is 4.79 Å². The number of piperidine rings is 1. The fraction of sp³-hybridized carbons (Fsp3) is 0.375. The molecule has 22 heavy (non-hydrogen) atoms. The van der Waals surface area contributed by atoms with E-state index in [0.29, 0.717) is 19.0 Å². The van der Waals surface area contributed by atoms with Gasteiger partial charge in [-0.25, -0.2) is 9.78 Å². The van der Waals surface area contributed by atoms with Crippen LogP contribution in [-0.2, 0) is 0 Å². The lowest BCUT2D eigenvalue weighted by Gasteiger charge is -2.28. The van der Waals surface area contributed by atoms with Crippen molar-refractivity contribution in [3.8, 4) is 17.0 Å². The Labute approximate surface area is 133 Å². The van der Waals surface area contributed by atoms with E-state index in [4.69, 9.17) is 14.8 Å². The van der Waals surface area contributed by atoms with Crippen molar-refractivity contribution in [1.29, 1.82) is 0 Å². The maximum atomic E-state index is 10.9. The molecule has 1 aliphatic rings. The average molecular weight is 318 g/mol. The zero-order valence-electron chi connectivity index (χ0n) is 12.4. The summed E-state index contributed by atoms with van der Waals surface area (Å²) in [4.78, 5) is 17.2. The Bertz CT molecular complexity index is 663. The van der Waals surface area contributed by atoms with Crippen LogP contribution in [0.5, 0.6) is 5.75 Å². The Balaban J connectivity index is 1.73. The first-order valence-corrected chi connectivity index (χ1v) is 8.13. The number of thiazole rings is 1. The van der Waals surface area contributed by atoms with Crippen LogP contribution in [0.15, 0.2) is 29.6 Å². The van der Waals surface area contributed by atoms with E-state index in [0.717, 1.165) is 34.9 Å². The van der Waals surface area contributed by atoms with Crippen LogP contribution in [0.25, 0.3) is 11.3 Å². The quantitative estimate of drug-likeness (QED) is 0.938. The van der Waals surface area contributed by atoms with Gasteiger partial charge in [-0.05, 0) is 25.0 Å². The molecule has 3 rings (SSSR count). The van der Waals surface area contributed by atoms with Gasteiger partial charge in [-0.1, -0.05) is 12.1 Å². The molecule has 1 N–H and O–H groups in total. The first kappa shape index (κ1) is 14.8. The maximum Gasteiger partial charge on any atom is 0.407 e. The van der Waals surface area contributed by atoms with Crippen LogP contribution in [-0.4, -0.2) is 41.3 Å². The van der Waals surface area contributed by atoms with Crippen LogP contribution < -0.4 is 4.74 Å². The van der Waals surface area contributed by atoms with Crippen molar-refractivity contribution in [2.75, 3.05) is 20.2 Å². The average Bonchev–Trinajstić information content (AvgIpc) is 3.05. The third-order valence-corrected chi connectivity index (χ3v) is 5.01. The summed E-state index contributed by atoms with van der Waals surface area (Å²) in [5.41, 5.74) is 2.00. The van der Waals surface area contributed by atoms with Crippen molar-refractivity contribution in [3.63, 3.8) is 0 Å². The van der Waals surface area contributed by atoms with Crippen molar-refractivity contribution in [2.45, 2.75) is 18.8 Å².